The largest absolute Gasteiger partial charge is 0.310 e. The standard InChI is InChI=1S/C52H40N2S/c1-2-11-36(12-3-1)54-46-18-8-5-13-39(46)43-30-37(22-24-47(43)54)53(38-21-23-41-40-14-6-9-20-49(40)55-50(41)31-38)48-19-10-17-45-51(48)42-15-4-7-16-44(42)52(45)34-26-32-25-33(28-34)29-35(52)27-32/h1-24,30-35H,25-29H2. The molecule has 7 aromatic carbocycles. The van der Waals surface area contributed by atoms with E-state index in [1.807, 2.05) is 11.3 Å². The third-order valence-electron chi connectivity index (χ3n) is 14.3. The van der Waals surface area contributed by atoms with E-state index in [4.69, 9.17) is 0 Å². The molecule has 5 aliphatic carbocycles. The lowest BCUT2D eigenvalue weighted by molar-refractivity contribution is -0.0399. The first-order chi connectivity index (χ1) is 27.2. The Labute approximate surface area is 325 Å². The lowest BCUT2D eigenvalue weighted by Gasteiger charge is -2.61. The van der Waals surface area contributed by atoms with Crippen LogP contribution in [0.1, 0.15) is 43.2 Å². The molecule has 14 rings (SSSR count). The van der Waals surface area contributed by atoms with E-state index in [1.54, 1.807) is 11.1 Å². The molecule has 3 heteroatoms. The Morgan fingerprint density at radius 1 is 0.491 bits per heavy atom. The summed E-state index contributed by atoms with van der Waals surface area (Å²) in [4.78, 5) is 2.60. The molecule has 1 spiro atoms. The molecule has 55 heavy (non-hydrogen) atoms. The first kappa shape index (κ1) is 30.7. The van der Waals surface area contributed by atoms with Crippen molar-refractivity contribution < 1.29 is 0 Å². The molecule has 0 N–H and O–H groups in total. The summed E-state index contributed by atoms with van der Waals surface area (Å²) in [7, 11) is 0. The Hall–Kier alpha value is -5.64. The van der Waals surface area contributed by atoms with Gasteiger partial charge in [0.25, 0.3) is 0 Å². The van der Waals surface area contributed by atoms with Crippen molar-refractivity contribution in [2.45, 2.75) is 37.5 Å². The fourth-order valence-electron chi connectivity index (χ4n) is 12.6. The molecule has 4 bridgehead atoms. The molecule has 9 aromatic rings. The highest BCUT2D eigenvalue weighted by Gasteiger charge is 2.61. The molecular formula is C52H40N2S. The van der Waals surface area contributed by atoms with Crippen molar-refractivity contribution in [2.75, 3.05) is 4.90 Å². The molecule has 0 saturated heterocycles. The second kappa shape index (κ2) is 11.2. The van der Waals surface area contributed by atoms with Crippen molar-refractivity contribution in [3.8, 4) is 16.8 Å². The molecule has 2 nitrogen and oxygen atoms in total. The first-order valence-electron chi connectivity index (χ1n) is 20.3. The highest BCUT2D eigenvalue weighted by Crippen LogP contribution is 2.70. The molecular weight excluding hydrogens is 685 g/mol. The van der Waals surface area contributed by atoms with Crippen molar-refractivity contribution in [3.05, 3.63) is 169 Å². The third kappa shape index (κ3) is 4.09. The SMILES string of the molecule is c1ccc(-n2c3ccccc3c3cc(N(c4ccc5c(c4)sc4ccccc45)c4cccc5c4-c4ccccc4C54C5CC6CC(C5)CC4C6)ccc32)cc1. The van der Waals surface area contributed by atoms with E-state index in [1.165, 1.54) is 108 Å². The highest BCUT2D eigenvalue weighted by molar-refractivity contribution is 7.25. The van der Waals surface area contributed by atoms with Crippen LogP contribution in [-0.2, 0) is 5.41 Å². The number of nitrogens with zero attached hydrogens (tertiary/aromatic N) is 2. The Bertz CT molecular complexity index is 2990. The van der Waals surface area contributed by atoms with Crippen molar-refractivity contribution in [1.82, 2.24) is 4.57 Å². The van der Waals surface area contributed by atoms with Gasteiger partial charge in [-0.3, -0.25) is 0 Å². The number of rotatable bonds is 4. The molecule has 5 aliphatic rings. The van der Waals surface area contributed by atoms with Crippen LogP contribution in [-0.4, -0.2) is 4.57 Å². The minimum atomic E-state index is 0.115. The number of thiophene rings is 1. The van der Waals surface area contributed by atoms with Crippen LogP contribution in [0.3, 0.4) is 0 Å². The molecule has 2 aromatic heterocycles. The zero-order valence-corrected chi connectivity index (χ0v) is 31.5. The molecule has 4 saturated carbocycles. The van der Waals surface area contributed by atoms with Crippen LogP contribution in [0.25, 0.3) is 58.8 Å². The van der Waals surface area contributed by atoms with Gasteiger partial charge in [0.2, 0.25) is 0 Å². The fourth-order valence-corrected chi connectivity index (χ4v) is 13.7. The summed E-state index contributed by atoms with van der Waals surface area (Å²) in [6.45, 7) is 0. The van der Waals surface area contributed by atoms with Crippen LogP contribution < -0.4 is 4.90 Å². The molecule has 0 unspecified atom stereocenters. The second-order valence-electron chi connectivity index (χ2n) is 16.9. The lowest BCUT2D eigenvalue weighted by atomic mass is 9.43. The molecule has 0 atom stereocenters. The number of hydrogen-bond acceptors (Lipinski definition) is 2. The molecule has 4 fully saturated rings. The lowest BCUT2D eigenvalue weighted by Crippen LogP contribution is -2.55. The Morgan fingerprint density at radius 3 is 2.00 bits per heavy atom. The zero-order chi connectivity index (χ0) is 35.8. The molecule has 0 aliphatic heterocycles. The summed E-state index contributed by atoms with van der Waals surface area (Å²) >= 11 is 1.91. The van der Waals surface area contributed by atoms with Crippen molar-refractivity contribution in [2.24, 2.45) is 23.7 Å². The van der Waals surface area contributed by atoms with Crippen LogP contribution in [0.5, 0.6) is 0 Å². The Balaban J connectivity index is 1.09. The average Bonchev–Trinajstić information content (AvgIpc) is 3.86. The normalized spacial score (nSPS) is 23.3. The Morgan fingerprint density at radius 2 is 1.15 bits per heavy atom. The van der Waals surface area contributed by atoms with Gasteiger partial charge in [0.15, 0.2) is 0 Å². The zero-order valence-electron chi connectivity index (χ0n) is 30.7. The predicted octanol–water partition coefficient (Wildman–Crippen LogP) is 14.3. The monoisotopic (exact) mass is 724 g/mol. The molecule has 0 radical (unpaired) electrons. The summed E-state index contributed by atoms with van der Waals surface area (Å²) < 4.78 is 5.10. The molecule has 264 valence electrons. The van der Waals surface area contributed by atoms with Gasteiger partial charge >= 0.3 is 0 Å². The van der Waals surface area contributed by atoms with Gasteiger partial charge in [-0.1, -0.05) is 97.1 Å². The van der Waals surface area contributed by atoms with Gasteiger partial charge in [-0.25, -0.2) is 0 Å². The van der Waals surface area contributed by atoms with E-state index >= 15 is 0 Å². The second-order valence-corrected chi connectivity index (χ2v) is 18.0. The van der Waals surface area contributed by atoms with Gasteiger partial charge in [-0.05, 0) is 133 Å². The number of benzene rings is 7. The van der Waals surface area contributed by atoms with Crippen LogP contribution in [0.4, 0.5) is 17.1 Å². The van der Waals surface area contributed by atoms with E-state index < -0.39 is 0 Å². The van der Waals surface area contributed by atoms with E-state index in [0.29, 0.717) is 0 Å². The quantitative estimate of drug-likeness (QED) is 0.175. The fraction of sp³-hybridized carbons (Fsp3) is 0.192. The Kier molecular flexibility index (Phi) is 6.25. The van der Waals surface area contributed by atoms with E-state index in [9.17, 15) is 0 Å². The third-order valence-corrected chi connectivity index (χ3v) is 15.5. The summed E-state index contributed by atoms with van der Waals surface area (Å²) in [6, 6.07) is 59.9. The van der Waals surface area contributed by atoms with E-state index in [-0.39, 0.29) is 5.41 Å². The maximum Gasteiger partial charge on any atom is 0.0543 e. The van der Waals surface area contributed by atoms with Crippen LogP contribution >= 0.6 is 11.3 Å². The van der Waals surface area contributed by atoms with Crippen molar-refractivity contribution in [1.29, 1.82) is 0 Å². The van der Waals surface area contributed by atoms with E-state index in [2.05, 4.69) is 167 Å². The number of fused-ring (bicyclic) bond motifs is 9. The highest BCUT2D eigenvalue weighted by atomic mass is 32.1. The maximum absolute atomic E-state index is 2.60. The summed E-state index contributed by atoms with van der Waals surface area (Å²) in [6.07, 6.45) is 7.02. The van der Waals surface area contributed by atoms with Crippen LogP contribution in [0.2, 0.25) is 0 Å². The molecule has 0 amide bonds. The summed E-state index contributed by atoms with van der Waals surface area (Å²) in [5.74, 6) is 3.29. The number of anilines is 3. The predicted molar refractivity (Wildman–Crippen MR) is 232 cm³/mol. The van der Waals surface area contributed by atoms with Gasteiger partial charge < -0.3 is 9.47 Å². The van der Waals surface area contributed by atoms with Gasteiger partial charge in [0.1, 0.15) is 0 Å². The maximum atomic E-state index is 2.60. The van der Waals surface area contributed by atoms with Crippen molar-refractivity contribution >= 4 is 70.4 Å². The van der Waals surface area contributed by atoms with Gasteiger partial charge in [-0.2, -0.15) is 0 Å². The first-order valence-corrected chi connectivity index (χ1v) is 21.1. The topological polar surface area (TPSA) is 8.17 Å². The minimum Gasteiger partial charge on any atom is -0.310 e. The number of para-hydroxylation sites is 2. The van der Waals surface area contributed by atoms with Crippen molar-refractivity contribution in [3.63, 3.8) is 0 Å². The van der Waals surface area contributed by atoms with Gasteiger partial charge in [-0.15, -0.1) is 11.3 Å². The van der Waals surface area contributed by atoms with Gasteiger partial charge in [0, 0.05) is 59.0 Å². The number of aromatic nitrogens is 1. The van der Waals surface area contributed by atoms with Crippen LogP contribution in [0.15, 0.2) is 158 Å². The van der Waals surface area contributed by atoms with Gasteiger partial charge in [0.05, 0.1) is 16.7 Å². The van der Waals surface area contributed by atoms with E-state index in [0.717, 1.165) is 23.7 Å². The molecule has 2 heterocycles. The summed E-state index contributed by atoms with van der Waals surface area (Å²) in [5.41, 5.74) is 13.6. The summed E-state index contributed by atoms with van der Waals surface area (Å²) in [5, 5.41) is 5.23. The average molecular weight is 725 g/mol. The smallest absolute Gasteiger partial charge is 0.0543 e. The minimum absolute atomic E-state index is 0.115. The van der Waals surface area contributed by atoms with Crippen LogP contribution in [0, 0.1) is 23.7 Å². The number of hydrogen-bond donors (Lipinski definition) is 0.